The van der Waals surface area contributed by atoms with Crippen LogP contribution in [-0.4, -0.2) is 29.8 Å². The molecule has 35 heavy (non-hydrogen) atoms. The second-order valence-electron chi connectivity index (χ2n) is 9.31. The van der Waals surface area contributed by atoms with Crippen LogP contribution in [0.25, 0.3) is 21.9 Å². The van der Waals surface area contributed by atoms with Crippen molar-refractivity contribution < 1.29 is 13.5 Å². The number of halogens is 2. The number of fused-ring (bicyclic) bond motifs is 1. The first-order chi connectivity index (χ1) is 16.9. The monoisotopic (exact) mass is 476 g/mol. The summed E-state index contributed by atoms with van der Waals surface area (Å²) in [7, 11) is 1.37. The van der Waals surface area contributed by atoms with Gasteiger partial charge in [0.15, 0.2) is 11.6 Å². The molecule has 2 aromatic carbocycles. The third kappa shape index (κ3) is 4.05. The van der Waals surface area contributed by atoms with Crippen LogP contribution < -0.4 is 15.2 Å². The zero-order chi connectivity index (χ0) is 24.7. The van der Waals surface area contributed by atoms with E-state index in [0.29, 0.717) is 22.9 Å². The van der Waals surface area contributed by atoms with E-state index in [2.05, 4.69) is 9.74 Å². The molecule has 3 aromatic rings. The van der Waals surface area contributed by atoms with E-state index in [1.54, 1.807) is 19.1 Å². The van der Waals surface area contributed by atoms with Gasteiger partial charge in [0.25, 0.3) is 5.56 Å². The Hall–Kier alpha value is -3.73. The van der Waals surface area contributed by atoms with Crippen LogP contribution in [0.5, 0.6) is 5.75 Å². The molecular weight excluding hydrogens is 450 g/mol. The summed E-state index contributed by atoms with van der Waals surface area (Å²) in [6.45, 7) is 10.5. The van der Waals surface area contributed by atoms with Crippen molar-refractivity contribution in [3.63, 3.8) is 0 Å². The number of benzene rings is 2. The molecule has 2 fully saturated rings. The molecule has 0 radical (unpaired) electrons. The molecule has 2 aliphatic rings. The number of hydrogen-bond donors (Lipinski definition) is 0. The second-order valence-corrected chi connectivity index (χ2v) is 9.31. The molecule has 1 saturated carbocycles. The molecule has 6 nitrogen and oxygen atoms in total. The predicted octanol–water partition coefficient (Wildman–Crippen LogP) is 5.67. The number of ether oxygens (including phenoxy) is 1. The van der Waals surface area contributed by atoms with Gasteiger partial charge in [-0.15, -0.1) is 0 Å². The number of aromatic nitrogens is 2. The first-order valence-corrected chi connectivity index (χ1v) is 11.8. The molecule has 1 saturated heterocycles. The largest absolute Gasteiger partial charge is 0.494 e. The van der Waals surface area contributed by atoms with Crippen molar-refractivity contribution in [1.29, 1.82) is 0 Å². The highest BCUT2D eigenvalue weighted by Gasteiger charge is 2.34. The smallest absolute Gasteiger partial charge is 0.263 e. The van der Waals surface area contributed by atoms with Gasteiger partial charge in [-0.3, -0.25) is 9.36 Å². The van der Waals surface area contributed by atoms with Gasteiger partial charge in [0.2, 0.25) is 5.69 Å². The standard InChI is InChI=1S/C27H26F2N4O2/c1-16-25(32-12-11-17-5-4-6-19(17)15-32)31-26(18-7-9-23(30-2)21(28)13-18)33(27(16)34)20-8-10-24(35-3)22(29)14-20/h7-10,13-14,17,19H,4-6,11-12,15H2,1,3H3. The summed E-state index contributed by atoms with van der Waals surface area (Å²) >= 11 is 0. The molecule has 1 aliphatic heterocycles. The van der Waals surface area contributed by atoms with Crippen LogP contribution in [0.15, 0.2) is 41.2 Å². The van der Waals surface area contributed by atoms with Crippen LogP contribution in [-0.2, 0) is 0 Å². The van der Waals surface area contributed by atoms with E-state index in [9.17, 15) is 13.6 Å². The summed E-state index contributed by atoms with van der Waals surface area (Å²) < 4.78 is 35.5. The van der Waals surface area contributed by atoms with E-state index in [1.807, 2.05) is 0 Å². The molecule has 0 bridgehead atoms. The van der Waals surface area contributed by atoms with Gasteiger partial charge in [-0.2, -0.15) is 0 Å². The highest BCUT2D eigenvalue weighted by atomic mass is 19.1. The van der Waals surface area contributed by atoms with E-state index in [4.69, 9.17) is 16.3 Å². The fourth-order valence-electron chi connectivity index (χ4n) is 5.49. The van der Waals surface area contributed by atoms with Crippen molar-refractivity contribution in [2.45, 2.75) is 32.6 Å². The van der Waals surface area contributed by atoms with Gasteiger partial charge in [-0.25, -0.2) is 18.6 Å². The van der Waals surface area contributed by atoms with E-state index >= 15 is 0 Å². The topological polar surface area (TPSA) is 51.7 Å². The number of methoxy groups -OCH3 is 1. The summed E-state index contributed by atoms with van der Waals surface area (Å²) in [5, 5.41) is 0. The van der Waals surface area contributed by atoms with Gasteiger partial charge < -0.3 is 9.64 Å². The minimum Gasteiger partial charge on any atom is -0.494 e. The normalized spacial score (nSPS) is 19.3. The van der Waals surface area contributed by atoms with Crippen LogP contribution in [0.3, 0.4) is 0 Å². The first kappa shape index (κ1) is 23.0. The molecular formula is C27H26F2N4O2. The lowest BCUT2D eigenvalue weighted by Gasteiger charge is -2.36. The molecule has 0 N–H and O–H groups in total. The number of nitrogens with zero attached hydrogens (tertiary/aromatic N) is 4. The Bertz CT molecular complexity index is 1400. The van der Waals surface area contributed by atoms with Crippen molar-refractivity contribution in [3.8, 4) is 22.8 Å². The Labute approximate surface area is 202 Å². The van der Waals surface area contributed by atoms with Crippen LogP contribution in [0.2, 0.25) is 0 Å². The maximum atomic E-state index is 14.6. The summed E-state index contributed by atoms with van der Waals surface area (Å²) in [4.78, 5) is 24.0. The zero-order valence-electron chi connectivity index (χ0n) is 19.7. The summed E-state index contributed by atoms with van der Waals surface area (Å²) in [6, 6.07) is 8.36. The SMILES string of the molecule is [C-]#[N+]c1ccc(-c2nc(N3CCC4CCCC4C3)c(C)c(=O)n2-c2ccc(OC)c(F)c2)cc1F. The lowest BCUT2D eigenvalue weighted by molar-refractivity contribution is 0.322. The fourth-order valence-corrected chi connectivity index (χ4v) is 5.49. The van der Waals surface area contributed by atoms with Gasteiger partial charge >= 0.3 is 0 Å². The molecule has 5 rings (SSSR count). The van der Waals surface area contributed by atoms with Gasteiger partial charge in [-0.1, -0.05) is 25.0 Å². The summed E-state index contributed by atoms with van der Waals surface area (Å²) in [5.41, 5.74) is 0.584. The fraction of sp³-hybridized carbons (Fsp3) is 0.370. The Morgan fingerprint density at radius 3 is 2.60 bits per heavy atom. The third-order valence-electron chi connectivity index (χ3n) is 7.34. The molecule has 0 spiro atoms. The maximum Gasteiger partial charge on any atom is 0.263 e. The van der Waals surface area contributed by atoms with Crippen molar-refractivity contribution in [3.05, 3.63) is 75.4 Å². The van der Waals surface area contributed by atoms with Crippen LogP contribution >= 0.6 is 0 Å². The third-order valence-corrected chi connectivity index (χ3v) is 7.34. The van der Waals surface area contributed by atoms with Gasteiger partial charge in [0.1, 0.15) is 17.5 Å². The minimum absolute atomic E-state index is 0.0524. The van der Waals surface area contributed by atoms with Crippen LogP contribution in [0.1, 0.15) is 31.2 Å². The summed E-state index contributed by atoms with van der Waals surface area (Å²) in [5.74, 6) is 0.817. The molecule has 1 aromatic heterocycles. The maximum absolute atomic E-state index is 14.6. The molecule has 180 valence electrons. The zero-order valence-corrected chi connectivity index (χ0v) is 19.7. The van der Waals surface area contributed by atoms with Crippen molar-refractivity contribution >= 4 is 11.5 Å². The average molecular weight is 477 g/mol. The molecule has 0 amide bonds. The van der Waals surface area contributed by atoms with Crippen LogP contribution in [0, 0.1) is 37.0 Å². The van der Waals surface area contributed by atoms with E-state index in [1.165, 1.54) is 55.2 Å². The van der Waals surface area contributed by atoms with Crippen molar-refractivity contribution in [2.24, 2.45) is 11.8 Å². The molecule has 2 atom stereocenters. The Morgan fingerprint density at radius 2 is 1.89 bits per heavy atom. The number of hydrogen-bond acceptors (Lipinski definition) is 4. The lowest BCUT2D eigenvalue weighted by atomic mass is 9.88. The predicted molar refractivity (Wildman–Crippen MR) is 130 cm³/mol. The highest BCUT2D eigenvalue weighted by molar-refractivity contribution is 5.66. The van der Waals surface area contributed by atoms with E-state index < -0.39 is 11.6 Å². The molecule has 1 aliphatic carbocycles. The van der Waals surface area contributed by atoms with Gasteiger partial charge in [-0.05, 0) is 49.8 Å². The number of rotatable bonds is 4. The van der Waals surface area contributed by atoms with E-state index in [-0.39, 0.29) is 28.5 Å². The molecule has 8 heteroatoms. The average Bonchev–Trinajstić information content (AvgIpc) is 3.33. The van der Waals surface area contributed by atoms with Gasteiger partial charge in [0, 0.05) is 24.7 Å². The highest BCUT2D eigenvalue weighted by Crippen LogP contribution is 2.39. The Balaban J connectivity index is 1.70. The minimum atomic E-state index is -0.701. The molecule has 2 unspecified atom stereocenters. The lowest BCUT2D eigenvalue weighted by Crippen LogP contribution is -2.41. The number of anilines is 1. The van der Waals surface area contributed by atoms with E-state index in [0.717, 1.165) is 25.4 Å². The number of piperidine rings is 1. The van der Waals surface area contributed by atoms with Crippen molar-refractivity contribution in [2.75, 3.05) is 25.1 Å². The van der Waals surface area contributed by atoms with Crippen LogP contribution in [0.4, 0.5) is 20.3 Å². The quantitative estimate of drug-likeness (QED) is 0.455. The summed E-state index contributed by atoms with van der Waals surface area (Å²) in [6.07, 6.45) is 4.73. The Kier molecular flexibility index (Phi) is 6.01. The van der Waals surface area contributed by atoms with Crippen molar-refractivity contribution in [1.82, 2.24) is 9.55 Å². The first-order valence-electron chi connectivity index (χ1n) is 11.8. The Morgan fingerprint density at radius 1 is 1.09 bits per heavy atom. The van der Waals surface area contributed by atoms with Gasteiger partial charge in [0.05, 0.1) is 24.9 Å². The second kappa shape index (κ2) is 9.14. The molecule has 2 heterocycles.